The van der Waals surface area contributed by atoms with Crippen molar-refractivity contribution in [1.82, 2.24) is 4.90 Å². The quantitative estimate of drug-likeness (QED) is 0.569. The zero-order chi connectivity index (χ0) is 21.3. The summed E-state index contributed by atoms with van der Waals surface area (Å²) in [6.07, 6.45) is 0.152. The molecule has 2 aliphatic rings. The van der Waals surface area contributed by atoms with Crippen molar-refractivity contribution in [3.8, 4) is 0 Å². The molecule has 0 N–H and O–H groups in total. The Kier molecular flexibility index (Phi) is 5.35. The van der Waals surface area contributed by atoms with Gasteiger partial charge in [-0.2, -0.15) is 0 Å². The highest BCUT2D eigenvalue weighted by Crippen LogP contribution is 2.27. The SMILES string of the molecule is O=C([C@@H]1CC(=O)N(c2ccc(F)cc2)C1)N1CCN(c2ccc([N+](=O)[O-])cc2)CC1. The molecule has 9 heteroatoms. The largest absolute Gasteiger partial charge is 0.368 e. The van der Waals surface area contributed by atoms with E-state index in [0.717, 1.165) is 5.69 Å². The molecule has 30 heavy (non-hydrogen) atoms. The number of nitro benzene ring substituents is 1. The second-order valence-corrected chi connectivity index (χ2v) is 7.47. The number of halogens is 1. The fourth-order valence-corrected chi connectivity index (χ4v) is 3.97. The van der Waals surface area contributed by atoms with E-state index in [2.05, 4.69) is 4.90 Å². The highest BCUT2D eigenvalue weighted by atomic mass is 19.1. The maximum Gasteiger partial charge on any atom is 0.269 e. The van der Waals surface area contributed by atoms with Gasteiger partial charge >= 0.3 is 0 Å². The molecule has 2 aliphatic heterocycles. The Hall–Kier alpha value is -3.49. The van der Waals surface area contributed by atoms with Crippen molar-refractivity contribution < 1.29 is 18.9 Å². The summed E-state index contributed by atoms with van der Waals surface area (Å²) < 4.78 is 13.1. The van der Waals surface area contributed by atoms with Gasteiger partial charge in [0, 0.05) is 62.7 Å². The molecule has 2 heterocycles. The Bertz CT molecular complexity index is 956. The first-order valence-electron chi connectivity index (χ1n) is 9.76. The molecule has 4 rings (SSSR count). The van der Waals surface area contributed by atoms with Gasteiger partial charge in [-0.3, -0.25) is 19.7 Å². The van der Waals surface area contributed by atoms with E-state index in [1.807, 2.05) is 0 Å². The van der Waals surface area contributed by atoms with Crippen LogP contribution in [-0.2, 0) is 9.59 Å². The summed E-state index contributed by atoms with van der Waals surface area (Å²) in [7, 11) is 0. The van der Waals surface area contributed by atoms with E-state index < -0.39 is 10.8 Å². The highest BCUT2D eigenvalue weighted by Gasteiger charge is 2.38. The number of non-ortho nitro benzene ring substituents is 1. The fraction of sp³-hybridized carbons (Fsp3) is 0.333. The van der Waals surface area contributed by atoms with E-state index in [1.165, 1.54) is 29.2 Å². The summed E-state index contributed by atoms with van der Waals surface area (Å²) in [5.41, 5.74) is 1.52. The van der Waals surface area contributed by atoms with Gasteiger partial charge < -0.3 is 14.7 Å². The molecule has 0 bridgehead atoms. The summed E-state index contributed by atoms with van der Waals surface area (Å²) in [4.78, 5) is 41.1. The first-order valence-corrected chi connectivity index (χ1v) is 9.76. The minimum Gasteiger partial charge on any atom is -0.368 e. The number of carbonyl (C=O) groups is 2. The number of hydrogen-bond acceptors (Lipinski definition) is 5. The van der Waals surface area contributed by atoms with Crippen molar-refractivity contribution in [3.63, 3.8) is 0 Å². The van der Waals surface area contributed by atoms with Crippen LogP contribution in [0, 0.1) is 21.8 Å². The van der Waals surface area contributed by atoms with Crippen LogP contribution in [0.5, 0.6) is 0 Å². The molecule has 0 radical (unpaired) electrons. The Morgan fingerprint density at radius 2 is 1.57 bits per heavy atom. The van der Waals surface area contributed by atoms with E-state index >= 15 is 0 Å². The summed E-state index contributed by atoms with van der Waals surface area (Å²) in [6.45, 7) is 2.58. The number of rotatable bonds is 4. The van der Waals surface area contributed by atoms with Crippen LogP contribution in [-0.4, -0.2) is 54.4 Å². The molecule has 2 aromatic rings. The van der Waals surface area contributed by atoms with Crippen molar-refractivity contribution >= 4 is 28.9 Å². The van der Waals surface area contributed by atoms with E-state index in [9.17, 15) is 24.1 Å². The molecule has 0 aliphatic carbocycles. The zero-order valence-corrected chi connectivity index (χ0v) is 16.2. The van der Waals surface area contributed by atoms with Gasteiger partial charge in [-0.25, -0.2) is 4.39 Å². The Morgan fingerprint density at radius 1 is 0.967 bits per heavy atom. The predicted octanol–water partition coefficient (Wildman–Crippen LogP) is 2.44. The van der Waals surface area contributed by atoms with Crippen LogP contribution >= 0.6 is 0 Å². The van der Waals surface area contributed by atoms with Gasteiger partial charge in [0.2, 0.25) is 11.8 Å². The summed E-state index contributed by atoms with van der Waals surface area (Å²) >= 11 is 0. The zero-order valence-electron chi connectivity index (χ0n) is 16.2. The van der Waals surface area contributed by atoms with Crippen molar-refractivity contribution in [2.45, 2.75) is 6.42 Å². The van der Waals surface area contributed by atoms with Crippen LogP contribution < -0.4 is 9.80 Å². The van der Waals surface area contributed by atoms with Crippen LogP contribution in [0.15, 0.2) is 48.5 Å². The molecular weight excluding hydrogens is 391 g/mol. The normalized spacial score (nSPS) is 19.3. The summed E-state index contributed by atoms with van der Waals surface area (Å²) in [6, 6.07) is 12.1. The van der Waals surface area contributed by atoms with E-state index in [-0.39, 0.29) is 29.7 Å². The average Bonchev–Trinajstić information content (AvgIpc) is 3.15. The topological polar surface area (TPSA) is 87.0 Å². The van der Waals surface area contributed by atoms with E-state index in [0.29, 0.717) is 38.4 Å². The van der Waals surface area contributed by atoms with Crippen molar-refractivity contribution in [2.24, 2.45) is 5.92 Å². The van der Waals surface area contributed by atoms with Gasteiger partial charge in [-0.05, 0) is 36.4 Å². The number of amides is 2. The third-order valence-corrected chi connectivity index (χ3v) is 5.63. The molecule has 156 valence electrons. The Labute approximate surface area is 172 Å². The van der Waals surface area contributed by atoms with Crippen molar-refractivity contribution in [1.29, 1.82) is 0 Å². The lowest BCUT2D eigenvalue weighted by Gasteiger charge is -2.37. The third kappa shape index (κ3) is 3.96. The van der Waals surface area contributed by atoms with Crippen molar-refractivity contribution in [3.05, 3.63) is 64.5 Å². The molecule has 2 fully saturated rings. The van der Waals surface area contributed by atoms with Crippen molar-refractivity contribution in [2.75, 3.05) is 42.5 Å². The Balaban J connectivity index is 1.34. The smallest absolute Gasteiger partial charge is 0.269 e. The van der Waals surface area contributed by atoms with Crippen LogP contribution in [0.3, 0.4) is 0 Å². The lowest BCUT2D eigenvalue weighted by molar-refractivity contribution is -0.384. The highest BCUT2D eigenvalue weighted by molar-refractivity contribution is 6.00. The third-order valence-electron chi connectivity index (χ3n) is 5.63. The first-order chi connectivity index (χ1) is 14.4. The fourth-order valence-electron chi connectivity index (χ4n) is 3.97. The average molecular weight is 412 g/mol. The molecule has 0 aromatic heterocycles. The van der Waals surface area contributed by atoms with Gasteiger partial charge in [0.15, 0.2) is 0 Å². The number of nitrogens with zero attached hydrogens (tertiary/aromatic N) is 4. The van der Waals surface area contributed by atoms with Gasteiger partial charge in [0.25, 0.3) is 5.69 Å². The number of benzene rings is 2. The molecule has 1 atom stereocenters. The minimum absolute atomic E-state index is 0.0451. The van der Waals surface area contributed by atoms with Gasteiger partial charge in [0.1, 0.15) is 5.82 Å². The first kappa shape index (κ1) is 19.8. The van der Waals surface area contributed by atoms with Gasteiger partial charge in [-0.1, -0.05) is 0 Å². The maximum absolute atomic E-state index is 13.1. The molecule has 2 aromatic carbocycles. The maximum atomic E-state index is 13.1. The molecular formula is C21H21FN4O4. The molecule has 8 nitrogen and oxygen atoms in total. The van der Waals surface area contributed by atoms with E-state index in [4.69, 9.17) is 0 Å². The lowest BCUT2D eigenvalue weighted by Crippen LogP contribution is -2.50. The number of anilines is 2. The molecule has 0 unspecified atom stereocenters. The van der Waals surface area contributed by atoms with Crippen LogP contribution in [0.25, 0.3) is 0 Å². The number of carbonyl (C=O) groups excluding carboxylic acids is 2. The lowest BCUT2D eigenvalue weighted by atomic mass is 10.1. The monoisotopic (exact) mass is 412 g/mol. The van der Waals surface area contributed by atoms with Gasteiger partial charge in [-0.15, -0.1) is 0 Å². The molecule has 2 saturated heterocycles. The predicted molar refractivity (Wildman–Crippen MR) is 109 cm³/mol. The van der Waals surface area contributed by atoms with E-state index in [1.54, 1.807) is 29.2 Å². The van der Waals surface area contributed by atoms with Crippen LogP contribution in [0.1, 0.15) is 6.42 Å². The summed E-state index contributed by atoms with van der Waals surface area (Å²) in [5, 5.41) is 10.8. The number of piperazine rings is 1. The van der Waals surface area contributed by atoms with Crippen LogP contribution in [0.4, 0.5) is 21.5 Å². The second kappa shape index (κ2) is 8.10. The standard InChI is InChI=1S/C21H21FN4O4/c22-16-1-3-18(4-2-16)25-14-15(13-20(25)27)21(28)24-11-9-23(10-12-24)17-5-7-19(8-6-17)26(29)30/h1-8,15H,9-14H2/t15-/m1/s1. The second-order valence-electron chi connectivity index (χ2n) is 7.47. The molecule has 2 amide bonds. The molecule has 0 saturated carbocycles. The van der Waals surface area contributed by atoms with Gasteiger partial charge in [0.05, 0.1) is 10.8 Å². The number of nitro groups is 1. The van der Waals surface area contributed by atoms with Crippen LogP contribution in [0.2, 0.25) is 0 Å². The molecule has 0 spiro atoms. The summed E-state index contributed by atoms with van der Waals surface area (Å²) in [5.74, 6) is -0.960. The number of hydrogen-bond donors (Lipinski definition) is 0. The minimum atomic E-state index is -0.432. The Morgan fingerprint density at radius 3 is 2.17 bits per heavy atom.